The van der Waals surface area contributed by atoms with E-state index in [0.717, 1.165) is 35.2 Å². The third-order valence-corrected chi connectivity index (χ3v) is 5.12. The van der Waals surface area contributed by atoms with E-state index in [-0.39, 0.29) is 29.8 Å². The van der Waals surface area contributed by atoms with Crippen LogP contribution in [0.5, 0.6) is 0 Å². The first-order valence-electron chi connectivity index (χ1n) is 8.68. The van der Waals surface area contributed by atoms with Gasteiger partial charge in [0, 0.05) is 43.5 Å². The summed E-state index contributed by atoms with van der Waals surface area (Å²) in [7, 11) is 5.61. The topological polar surface area (TPSA) is 52.6 Å². The molecule has 27 heavy (non-hydrogen) atoms. The second-order valence-electron chi connectivity index (χ2n) is 6.52. The Morgan fingerprint density at radius 3 is 2.59 bits per heavy atom. The molecule has 5 nitrogen and oxygen atoms in total. The minimum absolute atomic E-state index is 0. The van der Waals surface area contributed by atoms with Gasteiger partial charge in [0.25, 0.3) is 0 Å². The molecule has 0 unspecified atom stereocenters. The number of nitrogens with zero attached hydrogens (tertiary/aromatic N) is 3. The van der Waals surface area contributed by atoms with Gasteiger partial charge in [0.15, 0.2) is 5.96 Å². The molecule has 0 bridgehead atoms. The fraction of sp³-hybridized carbons (Fsp3) is 0.474. The molecule has 1 aromatic heterocycles. The van der Waals surface area contributed by atoms with Crippen molar-refractivity contribution in [2.24, 2.45) is 4.99 Å². The highest BCUT2D eigenvalue weighted by molar-refractivity contribution is 14.0. The molecule has 1 aromatic carbocycles. The van der Waals surface area contributed by atoms with Gasteiger partial charge in [0.1, 0.15) is 5.82 Å². The molecule has 0 aliphatic carbocycles. The van der Waals surface area contributed by atoms with Crippen LogP contribution in [0, 0.1) is 19.7 Å². The molecule has 2 aromatic rings. The number of hydrogen-bond acceptors (Lipinski definition) is 4. The third-order valence-electron chi connectivity index (χ3n) is 3.98. The molecule has 0 fully saturated rings. The lowest BCUT2D eigenvalue weighted by Crippen LogP contribution is -2.37. The second-order valence-corrected chi connectivity index (χ2v) is 7.80. The van der Waals surface area contributed by atoms with Crippen LogP contribution < -0.4 is 10.6 Å². The van der Waals surface area contributed by atoms with Gasteiger partial charge in [-0.15, -0.1) is 35.3 Å². The summed E-state index contributed by atoms with van der Waals surface area (Å²) in [6.45, 7) is 6.07. The minimum atomic E-state index is -0.168. The summed E-state index contributed by atoms with van der Waals surface area (Å²) in [6.07, 6.45) is 0.865. The molecule has 0 aliphatic heterocycles. The predicted molar refractivity (Wildman–Crippen MR) is 123 cm³/mol. The SMILES string of the molecule is CN=C(NCCc1nc(C)c(C)s1)NCc1ccc(F)c(CN(C)C)c1.I. The van der Waals surface area contributed by atoms with Gasteiger partial charge in [-0.25, -0.2) is 9.37 Å². The van der Waals surface area contributed by atoms with Crippen molar-refractivity contribution in [3.63, 3.8) is 0 Å². The summed E-state index contributed by atoms with van der Waals surface area (Å²) in [5.41, 5.74) is 2.83. The number of thiazole rings is 1. The molecule has 0 radical (unpaired) electrons. The quantitative estimate of drug-likeness (QED) is 0.344. The van der Waals surface area contributed by atoms with Crippen LogP contribution in [0.25, 0.3) is 0 Å². The van der Waals surface area contributed by atoms with E-state index in [1.807, 2.05) is 32.0 Å². The van der Waals surface area contributed by atoms with E-state index < -0.39 is 0 Å². The van der Waals surface area contributed by atoms with E-state index in [0.29, 0.717) is 18.7 Å². The smallest absolute Gasteiger partial charge is 0.191 e. The highest BCUT2D eigenvalue weighted by atomic mass is 127. The van der Waals surface area contributed by atoms with E-state index in [1.54, 1.807) is 24.5 Å². The number of benzene rings is 1. The maximum Gasteiger partial charge on any atom is 0.191 e. The van der Waals surface area contributed by atoms with Gasteiger partial charge in [0.05, 0.1) is 10.7 Å². The number of aliphatic imine (C=N–C) groups is 1. The summed E-state index contributed by atoms with van der Waals surface area (Å²) >= 11 is 1.74. The van der Waals surface area contributed by atoms with E-state index in [9.17, 15) is 4.39 Å². The first-order chi connectivity index (χ1) is 12.4. The first kappa shape index (κ1) is 23.8. The van der Waals surface area contributed by atoms with Gasteiger partial charge in [-0.3, -0.25) is 4.99 Å². The third kappa shape index (κ3) is 7.71. The molecule has 1 heterocycles. The lowest BCUT2D eigenvalue weighted by molar-refractivity contribution is 0.392. The van der Waals surface area contributed by atoms with Crippen molar-refractivity contribution in [1.82, 2.24) is 20.5 Å². The van der Waals surface area contributed by atoms with Crippen molar-refractivity contribution < 1.29 is 4.39 Å². The van der Waals surface area contributed by atoms with E-state index in [2.05, 4.69) is 27.5 Å². The van der Waals surface area contributed by atoms with Crippen LogP contribution in [0.4, 0.5) is 4.39 Å². The molecule has 0 aliphatic rings. The highest BCUT2D eigenvalue weighted by Gasteiger charge is 2.07. The highest BCUT2D eigenvalue weighted by Crippen LogP contribution is 2.16. The number of rotatable bonds is 7. The van der Waals surface area contributed by atoms with Gasteiger partial charge in [0.2, 0.25) is 0 Å². The molecule has 2 N–H and O–H groups in total. The lowest BCUT2D eigenvalue weighted by atomic mass is 10.1. The normalized spacial score (nSPS) is 11.4. The summed E-state index contributed by atoms with van der Waals surface area (Å²) in [5, 5.41) is 7.71. The number of halogens is 2. The van der Waals surface area contributed by atoms with Crippen molar-refractivity contribution in [2.75, 3.05) is 27.7 Å². The van der Waals surface area contributed by atoms with Crippen molar-refractivity contribution in [2.45, 2.75) is 33.4 Å². The number of guanidine groups is 1. The molecular formula is C19H29FIN5S. The van der Waals surface area contributed by atoms with Gasteiger partial charge >= 0.3 is 0 Å². The second kappa shape index (κ2) is 11.6. The average Bonchev–Trinajstić information content (AvgIpc) is 2.91. The minimum Gasteiger partial charge on any atom is -0.356 e. The van der Waals surface area contributed by atoms with Gasteiger partial charge in [-0.2, -0.15) is 0 Å². The number of nitrogens with one attached hydrogen (secondary N) is 2. The number of aryl methyl sites for hydroxylation is 2. The fourth-order valence-corrected chi connectivity index (χ4v) is 3.47. The summed E-state index contributed by atoms with van der Waals surface area (Å²) in [4.78, 5) is 12.0. The Hall–Kier alpha value is -1.26. The molecule has 0 atom stereocenters. The Kier molecular flexibility index (Phi) is 10.2. The molecule has 8 heteroatoms. The van der Waals surface area contributed by atoms with Crippen LogP contribution in [0.1, 0.15) is 26.7 Å². The van der Waals surface area contributed by atoms with E-state index >= 15 is 0 Å². The largest absolute Gasteiger partial charge is 0.356 e. The Morgan fingerprint density at radius 1 is 1.26 bits per heavy atom. The fourth-order valence-electron chi connectivity index (χ4n) is 2.54. The number of aromatic nitrogens is 1. The summed E-state index contributed by atoms with van der Waals surface area (Å²) in [5.74, 6) is 0.562. The van der Waals surface area contributed by atoms with Crippen LogP contribution in [-0.2, 0) is 19.5 Å². The van der Waals surface area contributed by atoms with Crippen LogP contribution in [0.3, 0.4) is 0 Å². The van der Waals surface area contributed by atoms with Crippen molar-refractivity contribution in [3.05, 3.63) is 50.7 Å². The zero-order valence-corrected chi connectivity index (χ0v) is 19.7. The molecule has 0 amide bonds. The van der Waals surface area contributed by atoms with Crippen LogP contribution in [-0.4, -0.2) is 43.5 Å². The van der Waals surface area contributed by atoms with Crippen molar-refractivity contribution in [3.8, 4) is 0 Å². The van der Waals surface area contributed by atoms with Crippen molar-refractivity contribution >= 4 is 41.3 Å². The Labute approximate surface area is 182 Å². The van der Waals surface area contributed by atoms with Crippen molar-refractivity contribution in [1.29, 1.82) is 0 Å². The van der Waals surface area contributed by atoms with Crippen LogP contribution >= 0.6 is 35.3 Å². The van der Waals surface area contributed by atoms with Crippen LogP contribution in [0.2, 0.25) is 0 Å². The summed E-state index contributed by atoms with van der Waals surface area (Å²) in [6, 6.07) is 5.23. The number of hydrogen-bond donors (Lipinski definition) is 2. The standard InChI is InChI=1S/C19H28FN5S.HI/c1-13-14(2)26-18(24-13)8-9-22-19(21-3)23-11-15-6-7-17(20)16(10-15)12-25(4)5;/h6-7,10H,8-9,11-12H2,1-5H3,(H2,21,22,23);1H. The Morgan fingerprint density at radius 2 is 2.00 bits per heavy atom. The summed E-state index contributed by atoms with van der Waals surface area (Å²) < 4.78 is 13.9. The molecule has 0 saturated carbocycles. The first-order valence-corrected chi connectivity index (χ1v) is 9.50. The van der Waals surface area contributed by atoms with E-state index in [4.69, 9.17) is 0 Å². The maximum atomic E-state index is 13.9. The monoisotopic (exact) mass is 505 g/mol. The molecular weight excluding hydrogens is 476 g/mol. The Bertz CT molecular complexity index is 741. The lowest BCUT2D eigenvalue weighted by Gasteiger charge is -2.14. The zero-order chi connectivity index (χ0) is 19.1. The van der Waals surface area contributed by atoms with E-state index in [1.165, 1.54) is 10.9 Å². The van der Waals surface area contributed by atoms with Gasteiger partial charge < -0.3 is 15.5 Å². The predicted octanol–water partition coefficient (Wildman–Crippen LogP) is 3.49. The molecule has 2 rings (SSSR count). The van der Waals surface area contributed by atoms with Gasteiger partial charge in [-0.05, 0) is 45.6 Å². The maximum absolute atomic E-state index is 13.9. The molecule has 0 spiro atoms. The zero-order valence-electron chi connectivity index (χ0n) is 16.6. The van der Waals surface area contributed by atoms with Crippen LogP contribution in [0.15, 0.2) is 23.2 Å². The molecule has 150 valence electrons. The average molecular weight is 505 g/mol. The van der Waals surface area contributed by atoms with Gasteiger partial charge in [-0.1, -0.05) is 6.07 Å². The Balaban J connectivity index is 0.00000364. The molecule has 0 saturated heterocycles.